The minimum Gasteiger partial charge on any atom is -0.358 e. The lowest BCUT2D eigenvalue weighted by atomic mass is 10.1. The molecule has 1 atom stereocenters. The number of hydrogen-bond acceptors (Lipinski definition) is 1. The summed E-state index contributed by atoms with van der Waals surface area (Å²) in [6.07, 6.45) is 2.86. The average molecular weight is 220 g/mol. The zero-order valence-corrected chi connectivity index (χ0v) is 9.54. The minimum absolute atomic E-state index is 0.190. The van der Waals surface area contributed by atoms with Gasteiger partial charge in [0, 0.05) is 19.0 Å². The molecule has 1 fully saturated rings. The second-order valence-corrected chi connectivity index (χ2v) is 4.42. The highest BCUT2D eigenvalue weighted by molar-refractivity contribution is 5.81. The molecular weight excluding hydrogens is 203 g/mol. The Hall–Kier alpha value is -1.38. The van der Waals surface area contributed by atoms with Gasteiger partial charge >= 0.3 is 0 Å². The molecule has 2 rings (SSSR count). The van der Waals surface area contributed by atoms with Crippen LogP contribution in [0.15, 0.2) is 24.3 Å². The summed E-state index contributed by atoms with van der Waals surface area (Å²) in [6, 6.07) is 6.98. The molecule has 0 bridgehead atoms. The van der Waals surface area contributed by atoms with Gasteiger partial charge in [-0.15, -0.1) is 0 Å². The first-order valence-electron chi connectivity index (χ1n) is 5.75. The molecule has 86 valence electrons. The average Bonchev–Trinajstić information content (AvgIpc) is 2.68. The topological polar surface area (TPSA) is 27.1 Å². The van der Waals surface area contributed by atoms with Crippen LogP contribution in [0, 0.1) is 11.2 Å². The molecule has 0 amide bonds. The number of nitrogens with one attached hydrogen (secondary N) is 1. The fraction of sp³-hybridized carbons (Fsp3) is 0.462. The van der Waals surface area contributed by atoms with Gasteiger partial charge in [0.2, 0.25) is 0 Å². The zero-order chi connectivity index (χ0) is 11.5. The van der Waals surface area contributed by atoms with E-state index in [0.29, 0.717) is 6.04 Å². The standard InChI is InChI=1S/C13H17FN2/c1-10(16-8-2-3-13(16)15)9-11-4-6-12(14)7-5-11/h4-7,10,15H,2-3,8-9H2,1H3. The predicted octanol–water partition coefficient (Wildman–Crippen LogP) is 2.83. The lowest BCUT2D eigenvalue weighted by molar-refractivity contribution is 0.351. The molecule has 0 radical (unpaired) electrons. The lowest BCUT2D eigenvalue weighted by Crippen LogP contribution is -2.35. The van der Waals surface area contributed by atoms with Crippen LogP contribution in [-0.2, 0) is 6.42 Å². The van der Waals surface area contributed by atoms with E-state index in [1.54, 1.807) is 0 Å². The number of nitrogens with zero attached hydrogens (tertiary/aromatic N) is 1. The quantitative estimate of drug-likeness (QED) is 0.833. The Labute approximate surface area is 95.6 Å². The van der Waals surface area contributed by atoms with E-state index < -0.39 is 0 Å². The van der Waals surface area contributed by atoms with Crippen molar-refractivity contribution in [2.75, 3.05) is 6.54 Å². The SMILES string of the molecule is CC(Cc1ccc(F)cc1)N1CCCC1=N. The van der Waals surface area contributed by atoms with Crippen LogP contribution >= 0.6 is 0 Å². The molecule has 0 aliphatic carbocycles. The third kappa shape index (κ3) is 2.40. The predicted molar refractivity (Wildman–Crippen MR) is 63.2 cm³/mol. The second-order valence-electron chi connectivity index (χ2n) is 4.42. The van der Waals surface area contributed by atoms with Crippen LogP contribution in [0.3, 0.4) is 0 Å². The highest BCUT2D eigenvalue weighted by Crippen LogP contribution is 2.17. The summed E-state index contributed by atoms with van der Waals surface area (Å²) in [5.41, 5.74) is 1.13. The van der Waals surface area contributed by atoms with Crippen LogP contribution in [0.5, 0.6) is 0 Å². The van der Waals surface area contributed by atoms with E-state index in [1.807, 2.05) is 12.1 Å². The van der Waals surface area contributed by atoms with E-state index in [-0.39, 0.29) is 5.82 Å². The van der Waals surface area contributed by atoms with Crippen LogP contribution in [0.1, 0.15) is 25.3 Å². The van der Waals surface area contributed by atoms with Gasteiger partial charge < -0.3 is 4.90 Å². The molecule has 2 nitrogen and oxygen atoms in total. The van der Waals surface area contributed by atoms with Gasteiger partial charge in [-0.1, -0.05) is 12.1 Å². The fourth-order valence-electron chi connectivity index (χ4n) is 2.25. The Kier molecular flexibility index (Phi) is 3.22. The first-order valence-corrected chi connectivity index (χ1v) is 5.75. The van der Waals surface area contributed by atoms with E-state index in [1.165, 1.54) is 12.1 Å². The molecule has 0 spiro atoms. The maximum Gasteiger partial charge on any atom is 0.123 e. The molecule has 1 aliphatic rings. The molecule has 3 heteroatoms. The number of hydrogen-bond donors (Lipinski definition) is 1. The van der Waals surface area contributed by atoms with Gasteiger partial charge in [0.25, 0.3) is 0 Å². The van der Waals surface area contributed by atoms with Crippen molar-refractivity contribution < 1.29 is 4.39 Å². The molecule has 1 saturated heterocycles. The van der Waals surface area contributed by atoms with Crippen molar-refractivity contribution in [2.45, 2.75) is 32.2 Å². The van der Waals surface area contributed by atoms with Gasteiger partial charge in [-0.25, -0.2) is 4.39 Å². The number of amidine groups is 1. The van der Waals surface area contributed by atoms with Gasteiger partial charge in [0.05, 0.1) is 5.84 Å². The summed E-state index contributed by atoms with van der Waals surface area (Å²) in [4.78, 5) is 2.14. The Morgan fingerprint density at radius 1 is 1.38 bits per heavy atom. The molecule has 1 aromatic rings. The monoisotopic (exact) mass is 220 g/mol. The zero-order valence-electron chi connectivity index (χ0n) is 9.54. The van der Waals surface area contributed by atoms with Crippen molar-refractivity contribution in [1.82, 2.24) is 4.90 Å². The van der Waals surface area contributed by atoms with Gasteiger partial charge in [0.1, 0.15) is 5.82 Å². The smallest absolute Gasteiger partial charge is 0.123 e. The first kappa shape index (κ1) is 11.1. The van der Waals surface area contributed by atoms with Gasteiger partial charge in [0.15, 0.2) is 0 Å². The van der Waals surface area contributed by atoms with Crippen LogP contribution in [0.2, 0.25) is 0 Å². The van der Waals surface area contributed by atoms with Crippen molar-refractivity contribution in [2.24, 2.45) is 0 Å². The van der Waals surface area contributed by atoms with Gasteiger partial charge in [-0.05, 0) is 37.5 Å². The summed E-state index contributed by atoms with van der Waals surface area (Å²) in [7, 11) is 0. The molecule has 0 aromatic heterocycles. The number of likely N-dealkylation sites (tertiary alicyclic amines) is 1. The summed E-state index contributed by atoms with van der Waals surface area (Å²) < 4.78 is 12.7. The molecule has 1 aromatic carbocycles. The van der Waals surface area contributed by atoms with Crippen LogP contribution in [0.4, 0.5) is 4.39 Å². The molecule has 1 heterocycles. The highest BCUT2D eigenvalue weighted by atomic mass is 19.1. The minimum atomic E-state index is -0.190. The maximum absolute atomic E-state index is 12.7. The van der Waals surface area contributed by atoms with Gasteiger partial charge in [-0.3, -0.25) is 5.41 Å². The van der Waals surface area contributed by atoms with Crippen molar-refractivity contribution >= 4 is 5.84 Å². The molecular formula is C13H17FN2. The molecule has 1 N–H and O–H groups in total. The first-order chi connectivity index (χ1) is 7.66. The lowest BCUT2D eigenvalue weighted by Gasteiger charge is -2.26. The van der Waals surface area contributed by atoms with Crippen LogP contribution in [0.25, 0.3) is 0 Å². The molecule has 0 saturated carbocycles. The second kappa shape index (κ2) is 4.64. The van der Waals surface area contributed by atoms with Crippen LogP contribution < -0.4 is 0 Å². The number of halogens is 1. The van der Waals surface area contributed by atoms with E-state index in [9.17, 15) is 4.39 Å². The number of benzene rings is 1. The van der Waals surface area contributed by atoms with Crippen molar-refractivity contribution in [3.63, 3.8) is 0 Å². The largest absolute Gasteiger partial charge is 0.358 e. The Balaban J connectivity index is 1.98. The molecule has 1 unspecified atom stereocenters. The van der Waals surface area contributed by atoms with E-state index in [4.69, 9.17) is 5.41 Å². The van der Waals surface area contributed by atoms with Crippen molar-refractivity contribution in [3.05, 3.63) is 35.6 Å². The normalized spacial score (nSPS) is 17.9. The summed E-state index contributed by atoms with van der Waals surface area (Å²) >= 11 is 0. The van der Waals surface area contributed by atoms with Gasteiger partial charge in [-0.2, -0.15) is 0 Å². The third-order valence-corrected chi connectivity index (χ3v) is 3.14. The Morgan fingerprint density at radius 3 is 2.62 bits per heavy atom. The van der Waals surface area contributed by atoms with E-state index in [2.05, 4.69) is 11.8 Å². The summed E-state index contributed by atoms with van der Waals surface area (Å²) in [5, 5.41) is 7.80. The van der Waals surface area contributed by atoms with Crippen molar-refractivity contribution in [1.29, 1.82) is 5.41 Å². The summed E-state index contributed by atoms with van der Waals surface area (Å²) in [6.45, 7) is 3.12. The molecule has 16 heavy (non-hydrogen) atoms. The fourth-order valence-corrected chi connectivity index (χ4v) is 2.25. The third-order valence-electron chi connectivity index (χ3n) is 3.14. The molecule has 1 aliphatic heterocycles. The maximum atomic E-state index is 12.7. The number of rotatable bonds is 3. The Morgan fingerprint density at radius 2 is 2.06 bits per heavy atom. The highest BCUT2D eigenvalue weighted by Gasteiger charge is 2.21. The summed E-state index contributed by atoms with van der Waals surface area (Å²) in [5.74, 6) is 0.555. The Bertz CT molecular complexity index is 372. The van der Waals surface area contributed by atoms with E-state index >= 15 is 0 Å². The van der Waals surface area contributed by atoms with Crippen molar-refractivity contribution in [3.8, 4) is 0 Å². The van der Waals surface area contributed by atoms with E-state index in [0.717, 1.165) is 37.2 Å². The van der Waals surface area contributed by atoms with Crippen LogP contribution in [-0.4, -0.2) is 23.3 Å².